The van der Waals surface area contributed by atoms with Gasteiger partial charge in [-0.25, -0.2) is 4.39 Å². The van der Waals surface area contributed by atoms with Gasteiger partial charge in [-0.3, -0.25) is 0 Å². The number of hydrogen-bond donors (Lipinski definition) is 0. The van der Waals surface area contributed by atoms with Gasteiger partial charge in [0.05, 0.1) is 19.8 Å². The molecular formula is C24H20F4O3. The number of para-hydroxylation sites is 1. The molecule has 0 radical (unpaired) electrons. The number of halogens is 4. The monoisotopic (exact) mass is 432 g/mol. The lowest BCUT2D eigenvalue weighted by Gasteiger charge is -2.21. The first-order valence-electron chi connectivity index (χ1n) is 9.81. The first-order chi connectivity index (χ1) is 14.9. The number of benzene rings is 3. The van der Waals surface area contributed by atoms with Gasteiger partial charge in [-0.2, -0.15) is 13.2 Å². The molecule has 3 aromatic rings. The van der Waals surface area contributed by atoms with E-state index in [4.69, 9.17) is 14.2 Å². The van der Waals surface area contributed by atoms with E-state index in [0.717, 1.165) is 5.56 Å². The molecule has 0 saturated carbocycles. The maximum atomic E-state index is 14.1. The third kappa shape index (κ3) is 5.17. The molecule has 1 aliphatic heterocycles. The molecule has 0 amide bonds. The number of fused-ring (bicyclic) bond motifs is 1. The van der Waals surface area contributed by atoms with E-state index in [-0.39, 0.29) is 17.9 Å². The van der Waals surface area contributed by atoms with E-state index in [0.29, 0.717) is 30.1 Å². The lowest BCUT2D eigenvalue weighted by atomic mass is 9.96. The highest BCUT2D eigenvalue weighted by atomic mass is 19.4. The maximum absolute atomic E-state index is 14.1. The number of rotatable bonds is 7. The first-order valence-corrected chi connectivity index (χ1v) is 9.81. The third-order valence-corrected chi connectivity index (χ3v) is 5.03. The summed E-state index contributed by atoms with van der Waals surface area (Å²) in [6.45, 7) is -0.175. The molecular weight excluding hydrogens is 412 g/mol. The molecule has 4 rings (SSSR count). The minimum atomic E-state index is -4.46. The van der Waals surface area contributed by atoms with E-state index in [1.165, 1.54) is 30.3 Å². The standard InChI is InChI=1S/C24H20F4O3/c25-21-8-6-16(12-23(21)31-19-4-2-1-3-5-19)14-29-15-20(24(26,27)28)17-7-9-22-18(13-17)10-11-30-22/h1-9,12-13,20H,10-11,14-15H2. The minimum absolute atomic E-state index is 0.0155. The summed E-state index contributed by atoms with van der Waals surface area (Å²) in [7, 11) is 0. The van der Waals surface area contributed by atoms with Crippen LogP contribution in [0.25, 0.3) is 0 Å². The smallest absolute Gasteiger partial charge is 0.397 e. The fraction of sp³-hybridized carbons (Fsp3) is 0.250. The molecule has 0 spiro atoms. The summed E-state index contributed by atoms with van der Waals surface area (Å²) in [5.74, 6) is -1.27. The van der Waals surface area contributed by atoms with Crippen LogP contribution in [0.3, 0.4) is 0 Å². The quantitative estimate of drug-likeness (QED) is 0.404. The Kier molecular flexibility index (Phi) is 6.13. The van der Waals surface area contributed by atoms with Crippen molar-refractivity contribution in [3.05, 3.63) is 89.2 Å². The van der Waals surface area contributed by atoms with E-state index >= 15 is 0 Å². The molecule has 0 saturated heterocycles. The second-order valence-corrected chi connectivity index (χ2v) is 7.25. The van der Waals surface area contributed by atoms with E-state index in [1.54, 1.807) is 36.4 Å². The highest BCUT2D eigenvalue weighted by Crippen LogP contribution is 2.38. The Hall–Kier alpha value is -3.06. The second kappa shape index (κ2) is 8.98. The zero-order valence-electron chi connectivity index (χ0n) is 16.5. The molecule has 7 heteroatoms. The summed E-state index contributed by atoms with van der Waals surface area (Å²) in [4.78, 5) is 0. The van der Waals surface area contributed by atoms with Crippen LogP contribution in [0.1, 0.15) is 22.6 Å². The van der Waals surface area contributed by atoms with Crippen molar-refractivity contribution < 1.29 is 31.8 Å². The topological polar surface area (TPSA) is 27.7 Å². The van der Waals surface area contributed by atoms with Crippen molar-refractivity contribution in [2.24, 2.45) is 0 Å². The van der Waals surface area contributed by atoms with Crippen LogP contribution in [0.2, 0.25) is 0 Å². The van der Waals surface area contributed by atoms with Crippen molar-refractivity contribution in [1.29, 1.82) is 0 Å². The van der Waals surface area contributed by atoms with Crippen molar-refractivity contribution in [2.75, 3.05) is 13.2 Å². The van der Waals surface area contributed by atoms with E-state index in [1.807, 2.05) is 0 Å². The van der Waals surface area contributed by atoms with Crippen LogP contribution in [0.5, 0.6) is 17.2 Å². The van der Waals surface area contributed by atoms with Crippen LogP contribution in [0.4, 0.5) is 17.6 Å². The van der Waals surface area contributed by atoms with Crippen molar-refractivity contribution in [2.45, 2.75) is 25.1 Å². The van der Waals surface area contributed by atoms with E-state index < -0.39 is 24.5 Å². The Balaban J connectivity index is 1.43. The lowest BCUT2D eigenvalue weighted by Crippen LogP contribution is -2.25. The number of ether oxygens (including phenoxy) is 3. The van der Waals surface area contributed by atoms with Crippen LogP contribution in [-0.2, 0) is 17.8 Å². The van der Waals surface area contributed by atoms with Crippen molar-refractivity contribution in [3.63, 3.8) is 0 Å². The number of hydrogen-bond acceptors (Lipinski definition) is 3. The lowest BCUT2D eigenvalue weighted by molar-refractivity contribution is -0.163. The SMILES string of the molecule is Fc1ccc(COCC(c2ccc3c(c2)CCO3)C(F)(F)F)cc1Oc1ccccc1. The van der Waals surface area contributed by atoms with Gasteiger partial charge >= 0.3 is 6.18 Å². The van der Waals surface area contributed by atoms with Gasteiger partial charge in [-0.1, -0.05) is 36.4 Å². The molecule has 0 fully saturated rings. The van der Waals surface area contributed by atoms with Crippen LogP contribution in [-0.4, -0.2) is 19.4 Å². The Morgan fingerprint density at radius 1 is 0.968 bits per heavy atom. The molecule has 1 heterocycles. The molecule has 0 aromatic heterocycles. The predicted molar refractivity (Wildman–Crippen MR) is 107 cm³/mol. The summed E-state index contributed by atoms with van der Waals surface area (Å²) >= 11 is 0. The Labute approximate surface area is 177 Å². The second-order valence-electron chi connectivity index (χ2n) is 7.25. The van der Waals surface area contributed by atoms with Gasteiger partial charge in [0.1, 0.15) is 17.4 Å². The predicted octanol–water partition coefficient (Wildman–Crippen LogP) is 6.42. The average Bonchev–Trinajstić information content (AvgIpc) is 3.21. The Bertz CT molecular complexity index is 1030. The molecule has 1 atom stereocenters. The summed E-state index contributed by atoms with van der Waals surface area (Å²) in [5.41, 5.74) is 1.42. The van der Waals surface area contributed by atoms with Crippen LogP contribution < -0.4 is 9.47 Å². The van der Waals surface area contributed by atoms with E-state index in [9.17, 15) is 17.6 Å². The maximum Gasteiger partial charge on any atom is 0.397 e. The van der Waals surface area contributed by atoms with Crippen LogP contribution >= 0.6 is 0 Å². The molecule has 0 bridgehead atoms. The first kappa shape index (κ1) is 21.2. The van der Waals surface area contributed by atoms with Gasteiger partial charge in [-0.05, 0) is 47.0 Å². The van der Waals surface area contributed by atoms with Gasteiger partial charge in [0.2, 0.25) is 0 Å². The molecule has 1 unspecified atom stereocenters. The molecule has 1 aliphatic rings. The minimum Gasteiger partial charge on any atom is -0.493 e. The fourth-order valence-electron chi connectivity index (χ4n) is 3.43. The molecule has 3 nitrogen and oxygen atoms in total. The fourth-order valence-corrected chi connectivity index (χ4v) is 3.43. The van der Waals surface area contributed by atoms with Gasteiger partial charge in [0.25, 0.3) is 0 Å². The number of alkyl halides is 3. The molecule has 0 N–H and O–H groups in total. The van der Waals surface area contributed by atoms with Crippen molar-refractivity contribution >= 4 is 0 Å². The van der Waals surface area contributed by atoms with Gasteiger partial charge in [0.15, 0.2) is 11.6 Å². The van der Waals surface area contributed by atoms with Gasteiger partial charge in [-0.15, -0.1) is 0 Å². The van der Waals surface area contributed by atoms with Crippen LogP contribution in [0, 0.1) is 5.82 Å². The molecule has 31 heavy (non-hydrogen) atoms. The van der Waals surface area contributed by atoms with Crippen LogP contribution in [0.15, 0.2) is 66.7 Å². The summed E-state index contributed by atoms with van der Waals surface area (Å²) in [6, 6.07) is 17.3. The van der Waals surface area contributed by atoms with Crippen molar-refractivity contribution in [3.8, 4) is 17.2 Å². The summed E-state index contributed by atoms with van der Waals surface area (Å²) in [6.07, 6.45) is -3.87. The highest BCUT2D eigenvalue weighted by Gasteiger charge is 2.41. The average molecular weight is 432 g/mol. The zero-order valence-corrected chi connectivity index (χ0v) is 16.5. The summed E-state index contributed by atoms with van der Waals surface area (Å²) in [5, 5.41) is 0. The molecule has 3 aromatic carbocycles. The third-order valence-electron chi connectivity index (χ3n) is 5.03. The zero-order chi connectivity index (χ0) is 21.8. The van der Waals surface area contributed by atoms with Crippen molar-refractivity contribution in [1.82, 2.24) is 0 Å². The molecule has 162 valence electrons. The van der Waals surface area contributed by atoms with E-state index in [2.05, 4.69) is 0 Å². The van der Waals surface area contributed by atoms with Gasteiger partial charge in [0, 0.05) is 6.42 Å². The summed E-state index contributed by atoms with van der Waals surface area (Å²) < 4.78 is 71.3. The molecule has 0 aliphatic carbocycles. The highest BCUT2D eigenvalue weighted by molar-refractivity contribution is 5.41. The Morgan fingerprint density at radius 2 is 1.77 bits per heavy atom. The normalized spacial score (nSPS) is 14.1. The Morgan fingerprint density at radius 3 is 2.55 bits per heavy atom. The van der Waals surface area contributed by atoms with Gasteiger partial charge < -0.3 is 14.2 Å². The largest absolute Gasteiger partial charge is 0.493 e.